The third-order valence-corrected chi connectivity index (χ3v) is 7.91. The van der Waals surface area contributed by atoms with Gasteiger partial charge >= 0.3 is 18.1 Å². The number of thioether (sulfide) groups is 1. The first-order valence-electron chi connectivity index (χ1n) is 10.5. The molecule has 0 N–H and O–H groups in total. The smallest absolute Gasteiger partial charge is 0.416 e. The molecule has 1 aromatic heterocycles. The Hall–Kier alpha value is -2.85. The number of hydrogen-bond donors (Lipinski definition) is 0. The minimum Gasteiger partial charge on any atom is -0.462 e. The summed E-state index contributed by atoms with van der Waals surface area (Å²) in [6.07, 6.45) is -2.79. The number of aromatic nitrogens is 1. The maximum atomic E-state index is 12.8. The van der Waals surface area contributed by atoms with Gasteiger partial charge < -0.3 is 9.64 Å². The van der Waals surface area contributed by atoms with E-state index in [0.29, 0.717) is 22.9 Å². The van der Waals surface area contributed by atoms with Gasteiger partial charge in [-0.15, -0.1) is 23.1 Å². The summed E-state index contributed by atoms with van der Waals surface area (Å²) in [5, 5.41) is 0.684. The molecule has 0 saturated heterocycles. The van der Waals surface area contributed by atoms with Crippen LogP contribution in [-0.4, -0.2) is 30.5 Å². The molecule has 3 aromatic rings. The standard InChI is InChI=1S/C24H21F3N2O3S2/c1-14-20(34-21(28-14)15-5-7-17(8-6-15)24(25,26)27)13-33-18-9-10-19-16(12-18)4-3-11-29(19)22(30)23(31)32-2/h5-10,12H,3-4,11,13H2,1-2H3. The Labute approximate surface area is 203 Å². The highest BCUT2D eigenvalue weighted by Gasteiger charge is 2.30. The molecule has 1 aliphatic heterocycles. The maximum absolute atomic E-state index is 12.8. The van der Waals surface area contributed by atoms with Gasteiger partial charge in [-0.2, -0.15) is 13.2 Å². The van der Waals surface area contributed by atoms with Gasteiger partial charge in [0.2, 0.25) is 0 Å². The number of esters is 1. The lowest BCUT2D eigenvalue weighted by atomic mass is 10.0. The van der Waals surface area contributed by atoms with Crippen LogP contribution in [0.5, 0.6) is 0 Å². The van der Waals surface area contributed by atoms with E-state index < -0.39 is 23.6 Å². The number of carbonyl (C=O) groups excluding carboxylic acids is 2. The number of benzene rings is 2. The van der Waals surface area contributed by atoms with Crippen LogP contribution in [0.1, 0.15) is 28.1 Å². The minimum absolute atomic E-state index is 0.472. The van der Waals surface area contributed by atoms with Gasteiger partial charge in [0.05, 0.1) is 18.4 Å². The Morgan fingerprint density at radius 1 is 1.18 bits per heavy atom. The summed E-state index contributed by atoms with van der Waals surface area (Å²) >= 11 is 3.09. The average Bonchev–Trinajstić information content (AvgIpc) is 3.21. The molecule has 2 heterocycles. The summed E-state index contributed by atoms with van der Waals surface area (Å²) < 4.78 is 43.0. The minimum atomic E-state index is -4.36. The van der Waals surface area contributed by atoms with Crippen molar-refractivity contribution in [1.29, 1.82) is 0 Å². The zero-order chi connectivity index (χ0) is 24.5. The molecule has 34 heavy (non-hydrogen) atoms. The predicted molar refractivity (Wildman–Crippen MR) is 126 cm³/mol. The Morgan fingerprint density at radius 3 is 2.59 bits per heavy atom. The van der Waals surface area contributed by atoms with Crippen LogP contribution in [0.2, 0.25) is 0 Å². The molecule has 0 atom stereocenters. The molecule has 0 bridgehead atoms. The van der Waals surface area contributed by atoms with E-state index in [-0.39, 0.29) is 0 Å². The molecule has 0 fully saturated rings. The van der Waals surface area contributed by atoms with Crippen molar-refractivity contribution in [3.05, 3.63) is 64.2 Å². The summed E-state index contributed by atoms with van der Waals surface area (Å²) in [5.74, 6) is -0.885. The number of amides is 1. The molecular weight excluding hydrogens is 485 g/mol. The average molecular weight is 507 g/mol. The van der Waals surface area contributed by atoms with Gasteiger partial charge in [-0.25, -0.2) is 9.78 Å². The molecule has 1 amide bonds. The molecule has 5 nitrogen and oxygen atoms in total. The number of alkyl halides is 3. The molecule has 0 spiro atoms. The topological polar surface area (TPSA) is 59.5 Å². The van der Waals surface area contributed by atoms with E-state index in [4.69, 9.17) is 0 Å². The lowest BCUT2D eigenvalue weighted by molar-refractivity contribution is -0.151. The Balaban J connectivity index is 1.47. The fraction of sp³-hybridized carbons (Fsp3) is 0.292. The first kappa shape index (κ1) is 24.3. The molecule has 1 aliphatic rings. The normalized spacial score (nSPS) is 13.5. The third kappa shape index (κ3) is 5.12. The quantitative estimate of drug-likeness (QED) is 0.251. The van der Waals surface area contributed by atoms with Gasteiger partial charge in [0.25, 0.3) is 0 Å². The highest BCUT2D eigenvalue weighted by Crippen LogP contribution is 2.37. The monoisotopic (exact) mass is 506 g/mol. The van der Waals surface area contributed by atoms with Crippen molar-refractivity contribution in [3.63, 3.8) is 0 Å². The van der Waals surface area contributed by atoms with Crippen molar-refractivity contribution in [2.45, 2.75) is 36.6 Å². The second-order valence-corrected chi connectivity index (χ2v) is 9.87. The van der Waals surface area contributed by atoms with E-state index in [1.54, 1.807) is 11.8 Å². The molecule has 0 radical (unpaired) electrons. The van der Waals surface area contributed by atoms with E-state index in [0.717, 1.165) is 51.7 Å². The number of methoxy groups -OCH3 is 1. The van der Waals surface area contributed by atoms with Crippen LogP contribution in [0.3, 0.4) is 0 Å². The number of halogens is 3. The van der Waals surface area contributed by atoms with Crippen LogP contribution in [0.4, 0.5) is 18.9 Å². The van der Waals surface area contributed by atoms with Crippen molar-refractivity contribution in [1.82, 2.24) is 4.98 Å². The number of rotatable bonds is 4. The first-order chi connectivity index (χ1) is 16.2. The summed E-state index contributed by atoms with van der Waals surface area (Å²) in [4.78, 5) is 32.0. The van der Waals surface area contributed by atoms with Crippen molar-refractivity contribution in [3.8, 4) is 10.6 Å². The van der Waals surface area contributed by atoms with Crippen molar-refractivity contribution in [2.75, 3.05) is 18.6 Å². The summed E-state index contributed by atoms with van der Waals surface area (Å²) in [5.41, 5.74) is 2.55. The number of ether oxygens (including phenoxy) is 1. The molecule has 0 aliphatic carbocycles. The van der Waals surface area contributed by atoms with E-state index >= 15 is 0 Å². The number of anilines is 1. The number of hydrogen-bond acceptors (Lipinski definition) is 6. The number of aryl methyl sites for hydroxylation is 2. The molecule has 0 saturated carbocycles. The van der Waals surface area contributed by atoms with Crippen molar-refractivity contribution in [2.24, 2.45) is 0 Å². The molecule has 2 aromatic carbocycles. The SMILES string of the molecule is COC(=O)C(=O)N1CCCc2cc(SCc3sc(-c4ccc(C(F)(F)F)cc4)nc3C)ccc21. The van der Waals surface area contributed by atoms with Gasteiger partial charge in [0.15, 0.2) is 0 Å². The van der Waals surface area contributed by atoms with Crippen LogP contribution in [-0.2, 0) is 32.7 Å². The summed E-state index contributed by atoms with van der Waals surface area (Å²) in [6.45, 7) is 2.36. The Bertz CT molecular complexity index is 1220. The molecule has 0 unspecified atom stereocenters. The number of thiazole rings is 1. The first-order valence-corrected chi connectivity index (χ1v) is 12.3. The van der Waals surface area contributed by atoms with E-state index in [1.807, 2.05) is 25.1 Å². The van der Waals surface area contributed by atoms with Crippen LogP contribution >= 0.6 is 23.1 Å². The van der Waals surface area contributed by atoms with E-state index in [1.165, 1.54) is 35.5 Å². The molecule has 4 rings (SSSR count). The molecule has 178 valence electrons. The number of nitrogens with zero attached hydrogens (tertiary/aromatic N) is 2. The zero-order valence-corrected chi connectivity index (χ0v) is 20.1. The lowest BCUT2D eigenvalue weighted by Gasteiger charge is -2.28. The van der Waals surface area contributed by atoms with Gasteiger partial charge in [-0.1, -0.05) is 12.1 Å². The molecule has 10 heteroatoms. The second-order valence-electron chi connectivity index (χ2n) is 7.73. The maximum Gasteiger partial charge on any atom is 0.416 e. The summed E-state index contributed by atoms with van der Waals surface area (Å²) in [6, 6.07) is 10.8. The fourth-order valence-electron chi connectivity index (χ4n) is 3.71. The van der Waals surface area contributed by atoms with Crippen LogP contribution in [0.25, 0.3) is 10.6 Å². The highest BCUT2D eigenvalue weighted by molar-refractivity contribution is 7.98. The second kappa shape index (κ2) is 9.79. The number of fused-ring (bicyclic) bond motifs is 1. The zero-order valence-electron chi connectivity index (χ0n) is 18.4. The summed E-state index contributed by atoms with van der Waals surface area (Å²) in [7, 11) is 1.19. The van der Waals surface area contributed by atoms with Crippen LogP contribution < -0.4 is 4.90 Å². The fourth-order valence-corrected chi connectivity index (χ4v) is 5.88. The predicted octanol–water partition coefficient (Wildman–Crippen LogP) is 5.88. The Kier molecular flexibility index (Phi) is 6.99. The van der Waals surface area contributed by atoms with Gasteiger partial charge in [-0.3, -0.25) is 4.79 Å². The van der Waals surface area contributed by atoms with Crippen molar-refractivity contribution >= 4 is 40.7 Å². The van der Waals surface area contributed by atoms with E-state index in [9.17, 15) is 22.8 Å². The lowest BCUT2D eigenvalue weighted by Crippen LogP contribution is -2.40. The van der Waals surface area contributed by atoms with Crippen molar-refractivity contribution < 1.29 is 27.5 Å². The van der Waals surface area contributed by atoms with E-state index in [2.05, 4.69) is 9.72 Å². The Morgan fingerprint density at radius 2 is 1.91 bits per heavy atom. The van der Waals surface area contributed by atoms with Gasteiger partial charge in [-0.05, 0) is 55.7 Å². The third-order valence-electron chi connectivity index (χ3n) is 5.50. The number of carbonyl (C=O) groups is 2. The molecular formula is C24H21F3N2O3S2. The highest BCUT2D eigenvalue weighted by atomic mass is 32.2. The van der Waals surface area contributed by atoms with Gasteiger partial charge in [0.1, 0.15) is 5.01 Å². The van der Waals surface area contributed by atoms with Gasteiger partial charge in [0, 0.05) is 33.3 Å². The van der Waals surface area contributed by atoms with Crippen LogP contribution in [0.15, 0.2) is 47.4 Å². The largest absolute Gasteiger partial charge is 0.462 e. The van der Waals surface area contributed by atoms with Crippen LogP contribution in [0, 0.1) is 6.92 Å².